The van der Waals surface area contributed by atoms with E-state index >= 15 is 0 Å². The van der Waals surface area contributed by atoms with E-state index in [1.54, 1.807) is 24.3 Å². The minimum Gasteiger partial charge on any atom is -0.508 e. The number of carbonyl (C=O) groups excluding carboxylic acids is 1. The van der Waals surface area contributed by atoms with Crippen molar-refractivity contribution in [3.05, 3.63) is 101 Å². The number of aromatic amines is 2. The van der Waals surface area contributed by atoms with Gasteiger partial charge >= 0.3 is 5.97 Å². The van der Waals surface area contributed by atoms with Crippen LogP contribution in [0.15, 0.2) is 72.8 Å². The molecule has 10 nitrogen and oxygen atoms in total. The number of rotatable bonds is 13. The molecule has 3 N–H and O–H groups in total. The van der Waals surface area contributed by atoms with E-state index < -0.39 is 18.1 Å². The summed E-state index contributed by atoms with van der Waals surface area (Å²) < 4.78 is 6.27. The molecular weight excluding hydrogens is 578 g/mol. The number of aryl methyl sites for hydroxylation is 1. The van der Waals surface area contributed by atoms with Gasteiger partial charge in [-0.15, -0.1) is 10.2 Å². The van der Waals surface area contributed by atoms with Crippen molar-refractivity contribution in [3.63, 3.8) is 0 Å². The van der Waals surface area contributed by atoms with E-state index in [2.05, 4.69) is 37.5 Å². The third-order valence-corrected chi connectivity index (χ3v) is 7.81. The molecule has 0 bridgehead atoms. The lowest BCUT2D eigenvalue weighted by Crippen LogP contribution is -2.39. The molecule has 0 saturated carbocycles. The molecule has 0 aliphatic rings. The number of aromatic nitrogens is 6. The minimum atomic E-state index is -0.735. The van der Waals surface area contributed by atoms with Gasteiger partial charge in [-0.05, 0) is 72.6 Å². The van der Waals surface area contributed by atoms with E-state index in [1.165, 1.54) is 0 Å². The molecule has 0 radical (unpaired) electrons. The quantitative estimate of drug-likeness (QED) is 0.139. The van der Waals surface area contributed by atoms with Gasteiger partial charge in [0, 0.05) is 18.4 Å². The lowest BCUT2D eigenvalue weighted by Gasteiger charge is -2.26. The van der Waals surface area contributed by atoms with Gasteiger partial charge in [-0.2, -0.15) is 5.21 Å². The van der Waals surface area contributed by atoms with Crippen LogP contribution in [0.5, 0.6) is 5.75 Å². The number of ether oxygens (including phenoxy) is 1. The highest BCUT2D eigenvalue weighted by molar-refractivity contribution is 6.30. The molecular formula is C33H36ClN7O3. The van der Waals surface area contributed by atoms with E-state index in [0.717, 1.165) is 52.9 Å². The first-order valence-corrected chi connectivity index (χ1v) is 15.0. The van der Waals surface area contributed by atoms with Crippen LogP contribution in [0.1, 0.15) is 48.5 Å². The lowest BCUT2D eigenvalue weighted by molar-refractivity contribution is -0.155. The molecule has 0 unspecified atom stereocenters. The molecule has 228 valence electrons. The van der Waals surface area contributed by atoms with Gasteiger partial charge in [0.1, 0.15) is 23.7 Å². The summed E-state index contributed by atoms with van der Waals surface area (Å²) in [6.45, 7) is 2.12. The Bertz CT molecular complexity index is 1650. The zero-order valence-electron chi connectivity index (χ0n) is 25.0. The van der Waals surface area contributed by atoms with Gasteiger partial charge in [0.05, 0.1) is 5.69 Å². The maximum absolute atomic E-state index is 13.8. The second-order valence-electron chi connectivity index (χ2n) is 11.0. The van der Waals surface area contributed by atoms with Crippen LogP contribution in [0.25, 0.3) is 22.5 Å². The van der Waals surface area contributed by atoms with E-state index in [0.29, 0.717) is 24.4 Å². The summed E-state index contributed by atoms with van der Waals surface area (Å²) in [6, 6.07) is 22.3. The Morgan fingerprint density at radius 3 is 2.43 bits per heavy atom. The van der Waals surface area contributed by atoms with Gasteiger partial charge in [-0.1, -0.05) is 79.5 Å². The standard InChI is InChI=1S/C33H36ClN7O3/c1-4-5-11-29-35-30(31(34)36-29)28(44-33(43)27(41(2)3)19-21-12-15-24(42)16-13-21)20-22-14-17-25(23-9-7-6-8-10-23)26(18-22)32-37-39-40-38-32/h6-10,12-18,27-28,42H,4-5,11,19-20H2,1-3H3,(H,35,36)(H,37,38,39,40)/t27-,28-/m1/s1. The molecule has 0 saturated heterocycles. The van der Waals surface area contributed by atoms with E-state index in [4.69, 9.17) is 16.3 Å². The molecule has 5 rings (SSSR count). The summed E-state index contributed by atoms with van der Waals surface area (Å²) in [5.74, 6) is 0.993. The molecule has 0 aliphatic carbocycles. The molecule has 0 spiro atoms. The highest BCUT2D eigenvalue weighted by Gasteiger charge is 2.30. The van der Waals surface area contributed by atoms with Crippen molar-refractivity contribution in [2.45, 2.75) is 51.2 Å². The third kappa shape index (κ3) is 7.50. The molecule has 5 aromatic rings. The van der Waals surface area contributed by atoms with Crippen molar-refractivity contribution < 1.29 is 14.6 Å². The second-order valence-corrected chi connectivity index (χ2v) is 11.3. The van der Waals surface area contributed by atoms with Crippen LogP contribution in [-0.2, 0) is 28.8 Å². The van der Waals surface area contributed by atoms with Crippen molar-refractivity contribution in [1.82, 2.24) is 35.5 Å². The normalized spacial score (nSPS) is 12.8. The van der Waals surface area contributed by atoms with Crippen molar-refractivity contribution in [1.29, 1.82) is 0 Å². The fourth-order valence-electron chi connectivity index (χ4n) is 5.11. The molecule has 0 aliphatic heterocycles. The summed E-state index contributed by atoms with van der Waals surface area (Å²) in [5.41, 5.74) is 5.11. The zero-order valence-corrected chi connectivity index (χ0v) is 25.8. The summed E-state index contributed by atoms with van der Waals surface area (Å²) in [5, 5.41) is 24.8. The summed E-state index contributed by atoms with van der Waals surface area (Å²) in [6.07, 6.45) is 2.72. The molecule has 0 fully saturated rings. The minimum absolute atomic E-state index is 0.170. The SMILES string of the molecule is CCCCc1nc(Cl)c([C@@H](Cc2ccc(-c3ccccc3)c(-c3nn[nH]n3)c2)OC(=O)[C@@H](Cc2ccc(O)cc2)N(C)C)[nH]1. The number of hydrogen-bond donors (Lipinski definition) is 3. The van der Waals surface area contributed by atoms with Crippen LogP contribution in [0.3, 0.4) is 0 Å². The largest absolute Gasteiger partial charge is 0.508 e. The molecule has 2 heterocycles. The van der Waals surface area contributed by atoms with Crippen molar-refractivity contribution in [2.24, 2.45) is 0 Å². The number of esters is 1. The highest BCUT2D eigenvalue weighted by atomic mass is 35.5. The van der Waals surface area contributed by atoms with Gasteiger partial charge in [0.2, 0.25) is 5.82 Å². The van der Waals surface area contributed by atoms with Crippen molar-refractivity contribution >= 4 is 17.6 Å². The lowest BCUT2D eigenvalue weighted by atomic mass is 9.95. The number of unbranched alkanes of at least 4 members (excludes halogenated alkanes) is 1. The predicted molar refractivity (Wildman–Crippen MR) is 169 cm³/mol. The van der Waals surface area contributed by atoms with Crippen LogP contribution in [0, 0.1) is 0 Å². The number of tetrazole rings is 1. The summed E-state index contributed by atoms with van der Waals surface area (Å²) in [4.78, 5) is 23.5. The first kappa shape index (κ1) is 30.9. The number of aromatic hydroxyl groups is 1. The molecule has 3 aromatic carbocycles. The second kappa shape index (κ2) is 14.3. The number of phenolic OH excluding ortho intramolecular Hbond substituents is 1. The average molecular weight is 614 g/mol. The number of halogens is 1. The van der Waals surface area contributed by atoms with Crippen LogP contribution >= 0.6 is 11.6 Å². The Hall–Kier alpha value is -4.54. The third-order valence-electron chi connectivity index (χ3n) is 7.52. The first-order valence-electron chi connectivity index (χ1n) is 14.6. The predicted octanol–water partition coefficient (Wildman–Crippen LogP) is 5.96. The number of nitrogens with zero attached hydrogens (tertiary/aromatic N) is 5. The Balaban J connectivity index is 1.48. The van der Waals surface area contributed by atoms with Crippen molar-refractivity contribution in [2.75, 3.05) is 14.1 Å². The Labute approximate surface area is 261 Å². The average Bonchev–Trinajstić information content (AvgIpc) is 3.69. The fraction of sp³-hybridized carbons (Fsp3) is 0.303. The van der Waals surface area contributed by atoms with Crippen LogP contribution in [-0.4, -0.2) is 66.7 Å². The number of benzene rings is 3. The molecule has 2 aromatic heterocycles. The van der Waals surface area contributed by atoms with Crippen LogP contribution < -0.4 is 0 Å². The van der Waals surface area contributed by atoms with Gasteiger partial charge < -0.3 is 14.8 Å². The smallest absolute Gasteiger partial charge is 0.324 e. The topological polar surface area (TPSA) is 133 Å². The molecule has 11 heteroatoms. The number of nitrogens with one attached hydrogen (secondary N) is 2. The monoisotopic (exact) mass is 613 g/mol. The number of carbonyl (C=O) groups is 1. The van der Waals surface area contributed by atoms with Crippen LogP contribution in [0.2, 0.25) is 5.15 Å². The van der Waals surface area contributed by atoms with E-state index in [-0.39, 0.29) is 10.9 Å². The number of phenols is 1. The summed E-state index contributed by atoms with van der Waals surface area (Å²) >= 11 is 6.67. The Morgan fingerprint density at radius 2 is 1.75 bits per heavy atom. The van der Waals surface area contributed by atoms with Crippen LogP contribution in [0.4, 0.5) is 0 Å². The maximum atomic E-state index is 13.8. The highest BCUT2D eigenvalue weighted by Crippen LogP contribution is 2.34. The maximum Gasteiger partial charge on any atom is 0.324 e. The molecule has 44 heavy (non-hydrogen) atoms. The Morgan fingerprint density at radius 1 is 1.00 bits per heavy atom. The molecule has 2 atom stereocenters. The zero-order chi connectivity index (χ0) is 31.1. The number of H-pyrrole nitrogens is 2. The Kier molecular flexibility index (Phi) is 10.0. The van der Waals surface area contributed by atoms with E-state index in [9.17, 15) is 9.90 Å². The van der Waals surface area contributed by atoms with Gasteiger partial charge in [0.25, 0.3) is 0 Å². The van der Waals surface area contributed by atoms with Gasteiger partial charge in [-0.3, -0.25) is 9.69 Å². The first-order chi connectivity index (χ1) is 21.3. The van der Waals surface area contributed by atoms with Gasteiger partial charge in [-0.25, -0.2) is 4.98 Å². The van der Waals surface area contributed by atoms with E-state index in [1.807, 2.05) is 67.5 Å². The number of hydrogen-bond acceptors (Lipinski definition) is 8. The van der Waals surface area contributed by atoms with Crippen molar-refractivity contribution in [3.8, 4) is 28.3 Å². The number of imidazole rings is 1. The fourth-order valence-corrected chi connectivity index (χ4v) is 5.38. The molecule has 0 amide bonds. The van der Waals surface area contributed by atoms with Gasteiger partial charge in [0.15, 0.2) is 5.15 Å². The number of likely N-dealkylation sites (N-methyl/N-ethyl adjacent to an activating group) is 1. The summed E-state index contributed by atoms with van der Waals surface area (Å²) in [7, 11) is 3.68.